The Bertz CT molecular complexity index is 455. The Morgan fingerprint density at radius 3 is 2.90 bits per heavy atom. The van der Waals surface area contributed by atoms with Crippen LogP contribution < -0.4 is 4.74 Å². The average molecular weight is 273 g/mol. The fraction of sp³-hybridized carbons (Fsp3) is 0.556. The molecule has 1 aromatic rings. The van der Waals surface area contributed by atoms with E-state index in [1.54, 1.807) is 7.11 Å². The van der Waals surface area contributed by atoms with E-state index in [2.05, 4.69) is 43.5 Å². The normalized spacial score (nSPS) is 21.6. The minimum atomic E-state index is 0.556. The van der Waals surface area contributed by atoms with E-state index in [4.69, 9.17) is 4.74 Å². The molecule has 1 aromatic carbocycles. The minimum Gasteiger partial charge on any atom is -0.496 e. The van der Waals surface area contributed by atoms with Crippen LogP contribution in [0.25, 0.3) is 0 Å². The first-order valence-corrected chi connectivity index (χ1v) is 7.73. The molecule has 0 aliphatic heterocycles. The lowest BCUT2D eigenvalue weighted by Gasteiger charge is -2.39. The van der Waals surface area contributed by atoms with Gasteiger partial charge < -0.3 is 4.74 Å². The standard InChI is InChI=1S/C18H27NO/c1-5-12-19(13-6-2)17-11-10-16-15(14(17)3)8-7-9-18(16)20-4/h5,7-9,14,17H,1,6,10-13H2,2-4H3/t14-,17+/m1/s1. The molecule has 0 aromatic heterocycles. The van der Waals surface area contributed by atoms with Crippen LogP contribution in [0.15, 0.2) is 30.9 Å². The van der Waals surface area contributed by atoms with E-state index in [9.17, 15) is 0 Å². The van der Waals surface area contributed by atoms with Crippen molar-refractivity contribution >= 4 is 0 Å². The van der Waals surface area contributed by atoms with E-state index in [-0.39, 0.29) is 0 Å². The highest BCUT2D eigenvalue weighted by atomic mass is 16.5. The Hall–Kier alpha value is -1.28. The highest BCUT2D eigenvalue weighted by Gasteiger charge is 2.31. The van der Waals surface area contributed by atoms with Gasteiger partial charge in [-0.05, 0) is 48.9 Å². The van der Waals surface area contributed by atoms with Crippen LogP contribution in [-0.2, 0) is 6.42 Å². The van der Waals surface area contributed by atoms with Gasteiger partial charge in [-0.15, -0.1) is 6.58 Å². The Morgan fingerprint density at radius 2 is 2.25 bits per heavy atom. The van der Waals surface area contributed by atoms with Gasteiger partial charge in [-0.25, -0.2) is 0 Å². The molecule has 2 heteroatoms. The number of hydrogen-bond acceptors (Lipinski definition) is 2. The first-order valence-electron chi connectivity index (χ1n) is 7.73. The molecule has 20 heavy (non-hydrogen) atoms. The van der Waals surface area contributed by atoms with Crippen molar-refractivity contribution in [3.05, 3.63) is 42.0 Å². The van der Waals surface area contributed by atoms with Gasteiger partial charge in [0, 0.05) is 12.6 Å². The Balaban J connectivity index is 2.26. The first kappa shape index (κ1) is 15.1. The summed E-state index contributed by atoms with van der Waals surface area (Å²) in [4.78, 5) is 2.58. The zero-order chi connectivity index (χ0) is 14.5. The van der Waals surface area contributed by atoms with Crippen LogP contribution in [0.5, 0.6) is 5.75 Å². The lowest BCUT2D eigenvalue weighted by Crippen LogP contribution is -2.42. The second-order valence-corrected chi connectivity index (χ2v) is 5.71. The molecule has 0 heterocycles. The quantitative estimate of drug-likeness (QED) is 0.726. The Morgan fingerprint density at radius 1 is 1.45 bits per heavy atom. The number of rotatable bonds is 6. The predicted octanol–water partition coefficient (Wildman–Crippen LogP) is 4.01. The van der Waals surface area contributed by atoms with Crippen molar-refractivity contribution in [2.75, 3.05) is 20.2 Å². The van der Waals surface area contributed by atoms with E-state index < -0.39 is 0 Å². The largest absolute Gasteiger partial charge is 0.496 e. The summed E-state index contributed by atoms with van der Waals surface area (Å²) in [5.74, 6) is 1.61. The molecule has 0 unspecified atom stereocenters. The number of nitrogens with zero attached hydrogens (tertiary/aromatic N) is 1. The average Bonchev–Trinajstić information content (AvgIpc) is 2.47. The summed E-state index contributed by atoms with van der Waals surface area (Å²) in [5.41, 5.74) is 2.87. The van der Waals surface area contributed by atoms with E-state index in [1.807, 2.05) is 6.08 Å². The lowest BCUT2D eigenvalue weighted by atomic mass is 9.79. The first-order chi connectivity index (χ1) is 9.72. The molecule has 0 amide bonds. The summed E-state index contributed by atoms with van der Waals surface area (Å²) in [5, 5.41) is 0. The molecule has 0 saturated heterocycles. The van der Waals surface area contributed by atoms with Gasteiger partial charge in [-0.2, -0.15) is 0 Å². The number of benzene rings is 1. The van der Waals surface area contributed by atoms with Gasteiger partial charge >= 0.3 is 0 Å². The maximum absolute atomic E-state index is 5.52. The second-order valence-electron chi connectivity index (χ2n) is 5.71. The third kappa shape index (κ3) is 2.90. The van der Waals surface area contributed by atoms with Crippen molar-refractivity contribution in [3.8, 4) is 5.75 Å². The maximum Gasteiger partial charge on any atom is 0.122 e. The van der Waals surface area contributed by atoms with E-state index in [0.717, 1.165) is 25.3 Å². The van der Waals surface area contributed by atoms with Gasteiger partial charge in [0.1, 0.15) is 5.75 Å². The van der Waals surface area contributed by atoms with Crippen LogP contribution >= 0.6 is 0 Å². The van der Waals surface area contributed by atoms with Crippen LogP contribution in [0, 0.1) is 0 Å². The summed E-state index contributed by atoms with van der Waals surface area (Å²) in [6.45, 7) is 10.7. The highest BCUT2D eigenvalue weighted by Crippen LogP contribution is 2.38. The topological polar surface area (TPSA) is 12.5 Å². The van der Waals surface area contributed by atoms with E-state index in [1.165, 1.54) is 24.0 Å². The Kier molecular flexibility index (Phi) is 5.24. The molecule has 1 aliphatic carbocycles. The molecule has 0 N–H and O–H groups in total. The van der Waals surface area contributed by atoms with Crippen molar-refractivity contribution in [1.82, 2.24) is 4.90 Å². The fourth-order valence-corrected chi connectivity index (χ4v) is 3.56. The third-order valence-electron chi connectivity index (χ3n) is 4.49. The second kappa shape index (κ2) is 6.94. The van der Waals surface area contributed by atoms with E-state index >= 15 is 0 Å². The number of ether oxygens (including phenoxy) is 1. The van der Waals surface area contributed by atoms with Gasteiger partial charge in [-0.3, -0.25) is 4.90 Å². The van der Waals surface area contributed by atoms with Crippen molar-refractivity contribution in [1.29, 1.82) is 0 Å². The summed E-state index contributed by atoms with van der Waals surface area (Å²) >= 11 is 0. The van der Waals surface area contributed by atoms with Gasteiger partial charge in [0.05, 0.1) is 7.11 Å². The summed E-state index contributed by atoms with van der Waals surface area (Å²) < 4.78 is 5.52. The molecular formula is C18H27NO. The van der Waals surface area contributed by atoms with Crippen molar-refractivity contribution in [3.63, 3.8) is 0 Å². The minimum absolute atomic E-state index is 0.556. The molecule has 0 spiro atoms. The molecule has 2 nitrogen and oxygen atoms in total. The highest BCUT2D eigenvalue weighted by molar-refractivity contribution is 5.44. The van der Waals surface area contributed by atoms with Crippen LogP contribution in [0.3, 0.4) is 0 Å². The van der Waals surface area contributed by atoms with Crippen LogP contribution in [0.4, 0.5) is 0 Å². The fourth-order valence-electron chi connectivity index (χ4n) is 3.56. The monoisotopic (exact) mass is 273 g/mol. The molecule has 1 aliphatic rings. The van der Waals surface area contributed by atoms with Gasteiger partial charge in [0.2, 0.25) is 0 Å². The van der Waals surface area contributed by atoms with Crippen LogP contribution in [0.1, 0.15) is 43.7 Å². The molecule has 0 bridgehead atoms. The third-order valence-corrected chi connectivity index (χ3v) is 4.49. The molecule has 2 rings (SSSR count). The number of methoxy groups -OCH3 is 1. The van der Waals surface area contributed by atoms with Gasteiger partial charge in [-0.1, -0.05) is 32.1 Å². The van der Waals surface area contributed by atoms with E-state index in [0.29, 0.717) is 12.0 Å². The summed E-state index contributed by atoms with van der Waals surface area (Å²) in [7, 11) is 1.77. The lowest BCUT2D eigenvalue weighted by molar-refractivity contribution is 0.175. The molecular weight excluding hydrogens is 246 g/mol. The smallest absolute Gasteiger partial charge is 0.122 e. The predicted molar refractivity (Wildman–Crippen MR) is 85.6 cm³/mol. The van der Waals surface area contributed by atoms with Crippen LogP contribution in [-0.4, -0.2) is 31.1 Å². The molecule has 0 radical (unpaired) electrons. The SMILES string of the molecule is C=CCN(CCC)[C@H]1CCc2c(OC)cccc2[C@H]1C. The zero-order valence-electron chi connectivity index (χ0n) is 13.1. The van der Waals surface area contributed by atoms with Gasteiger partial charge in [0.15, 0.2) is 0 Å². The van der Waals surface area contributed by atoms with Crippen molar-refractivity contribution < 1.29 is 4.74 Å². The Labute approximate surface area is 123 Å². The van der Waals surface area contributed by atoms with Gasteiger partial charge in [0.25, 0.3) is 0 Å². The molecule has 110 valence electrons. The maximum atomic E-state index is 5.52. The van der Waals surface area contributed by atoms with Crippen molar-refractivity contribution in [2.45, 2.75) is 45.1 Å². The summed E-state index contributed by atoms with van der Waals surface area (Å²) in [6.07, 6.45) is 5.56. The number of hydrogen-bond donors (Lipinski definition) is 0. The molecule has 2 atom stereocenters. The summed E-state index contributed by atoms with van der Waals surface area (Å²) in [6, 6.07) is 7.09. The molecule has 0 fully saturated rings. The number of fused-ring (bicyclic) bond motifs is 1. The zero-order valence-corrected chi connectivity index (χ0v) is 13.1. The molecule has 0 saturated carbocycles. The van der Waals surface area contributed by atoms with Crippen LogP contribution in [0.2, 0.25) is 0 Å². The van der Waals surface area contributed by atoms with Crippen molar-refractivity contribution in [2.24, 2.45) is 0 Å².